The van der Waals surface area contributed by atoms with Crippen molar-refractivity contribution in [3.63, 3.8) is 0 Å². The van der Waals surface area contributed by atoms with Crippen LogP contribution in [-0.2, 0) is 0 Å². The van der Waals surface area contributed by atoms with Gasteiger partial charge in [-0.2, -0.15) is 5.26 Å². The van der Waals surface area contributed by atoms with Gasteiger partial charge in [0.1, 0.15) is 5.40 Å². The van der Waals surface area contributed by atoms with Crippen LogP contribution in [0.15, 0.2) is 0 Å². The zero-order valence-electron chi connectivity index (χ0n) is 2.77. The van der Waals surface area contributed by atoms with Gasteiger partial charge in [0, 0.05) is 49.4 Å². The Hall–Kier alpha value is 1.42. The van der Waals surface area contributed by atoms with E-state index in [1.807, 2.05) is 0 Å². The summed E-state index contributed by atoms with van der Waals surface area (Å²) < 4.78 is 0. The van der Waals surface area contributed by atoms with Crippen molar-refractivity contribution in [2.75, 3.05) is 0 Å². The van der Waals surface area contributed by atoms with Crippen LogP contribution in [0, 0.1) is 60.0 Å². The molecule has 0 rings (SSSR count). The van der Waals surface area contributed by atoms with Gasteiger partial charge in [-0.3, -0.25) is 0 Å². The van der Waals surface area contributed by atoms with Gasteiger partial charge in [0.25, 0.3) is 0 Å². The molecule has 1 radical (unpaired) electrons. The topological polar surface area (TPSA) is 23.8 Å². The first-order valence-corrected chi connectivity index (χ1v) is 0.894. The van der Waals surface area contributed by atoms with Gasteiger partial charge in [0.15, 0.2) is 0 Å². The molecule has 0 aromatic carbocycles. The van der Waals surface area contributed by atoms with Crippen molar-refractivity contribution in [1.29, 1.82) is 5.26 Å². The van der Waals surface area contributed by atoms with Crippen LogP contribution in [-0.4, -0.2) is 0 Å². The molecule has 0 saturated heterocycles. The first kappa shape index (κ1) is 9.06. The van der Waals surface area contributed by atoms with E-state index in [-0.39, 0.29) is 50.8 Å². The number of rotatable bonds is 0. The molecule has 0 bridgehead atoms. The van der Waals surface area contributed by atoms with Crippen molar-refractivity contribution in [2.45, 2.75) is 0 Å². The van der Waals surface area contributed by atoms with Gasteiger partial charge >= 0.3 is 1.43 Å². The molecule has 0 amide bonds. The molecule has 23 valence electrons. The van der Waals surface area contributed by atoms with Gasteiger partial charge in [-0.1, -0.05) is 12.6 Å². The van der Waals surface area contributed by atoms with Crippen LogP contribution in [0.1, 0.15) is 1.43 Å². The van der Waals surface area contributed by atoms with Crippen LogP contribution in [0.2, 0.25) is 0 Å². The van der Waals surface area contributed by atoms with Crippen LogP contribution in [0.3, 0.4) is 0 Å². The molecule has 4 heavy (non-hydrogen) atoms. The van der Waals surface area contributed by atoms with Crippen LogP contribution in [0.5, 0.6) is 0 Å². The second kappa shape index (κ2) is 8.83. The van der Waals surface area contributed by atoms with E-state index in [9.17, 15) is 0 Å². The molecule has 0 aromatic rings. The molecule has 1 nitrogen and oxygen atoms in total. The fraction of sp³-hybridized carbons (Fsp3) is 0. The Balaban J connectivity index is -0.0000000200. The van der Waals surface area contributed by atoms with Gasteiger partial charge in [-0.15, -0.1) is 0 Å². The third-order valence-corrected chi connectivity index (χ3v) is 0. The molecule has 0 aliphatic heterocycles. The SMILES string of the molecule is N#CS.[Eu].[H+]. The Bertz CT molecular complexity index is 33.1. The predicted octanol–water partition coefficient (Wildman–Crippen LogP) is 0.510. The fourth-order valence-electron chi connectivity index (χ4n) is 0. The minimum atomic E-state index is 0. The van der Waals surface area contributed by atoms with E-state index in [1.165, 1.54) is 5.40 Å². The van der Waals surface area contributed by atoms with Crippen molar-refractivity contribution >= 4 is 12.6 Å². The first-order valence-electron chi connectivity index (χ1n) is 0.447. The summed E-state index contributed by atoms with van der Waals surface area (Å²) in [7, 11) is 0. The Labute approximate surface area is 72.8 Å². The summed E-state index contributed by atoms with van der Waals surface area (Å²) in [6.45, 7) is 0. The Morgan fingerprint density at radius 3 is 2.00 bits per heavy atom. The molecule has 0 spiro atoms. The summed E-state index contributed by atoms with van der Waals surface area (Å²) in [6, 6.07) is 0. The average molecular weight is 212 g/mol. The third-order valence-electron chi connectivity index (χ3n) is 0. The van der Waals surface area contributed by atoms with Gasteiger partial charge < -0.3 is 0 Å². The first-order chi connectivity index (χ1) is 1.41. The fourth-order valence-corrected chi connectivity index (χ4v) is 0. The summed E-state index contributed by atoms with van der Waals surface area (Å²) in [6.07, 6.45) is 0. The van der Waals surface area contributed by atoms with E-state index in [4.69, 9.17) is 5.26 Å². The molecule has 0 aliphatic carbocycles. The van der Waals surface area contributed by atoms with Crippen molar-refractivity contribution in [3.8, 4) is 5.40 Å². The number of nitrogens with zero attached hydrogens (tertiary/aromatic N) is 1. The maximum absolute atomic E-state index is 7.18. The zero-order valence-corrected chi connectivity index (χ0v) is 5.09. The van der Waals surface area contributed by atoms with Crippen molar-refractivity contribution in [3.05, 3.63) is 0 Å². The predicted molar refractivity (Wildman–Crippen MR) is 15.7 cm³/mol. The zero-order chi connectivity index (χ0) is 2.71. The second-order valence-corrected chi connectivity index (χ2v) is 0.300. The van der Waals surface area contributed by atoms with E-state index in [1.54, 1.807) is 0 Å². The largest absolute Gasteiger partial charge is 1.00 e. The normalized spacial score (nSPS) is 2.00. The number of nitriles is 1. The van der Waals surface area contributed by atoms with E-state index in [2.05, 4.69) is 12.6 Å². The van der Waals surface area contributed by atoms with Crippen LogP contribution >= 0.6 is 12.6 Å². The van der Waals surface area contributed by atoms with E-state index >= 15 is 0 Å². The summed E-state index contributed by atoms with van der Waals surface area (Å²) >= 11 is 3.09. The quantitative estimate of drug-likeness (QED) is 0.459. The van der Waals surface area contributed by atoms with Crippen LogP contribution < -0.4 is 0 Å². The van der Waals surface area contributed by atoms with E-state index in [0.29, 0.717) is 0 Å². The molecule has 0 aliphatic rings. The molecule has 0 heterocycles. The molecule has 0 atom stereocenters. The third kappa shape index (κ3) is 9.92. The Morgan fingerprint density at radius 1 is 2.00 bits per heavy atom. The monoisotopic (exact) mass is 213 g/mol. The van der Waals surface area contributed by atoms with Crippen molar-refractivity contribution < 1.29 is 50.8 Å². The van der Waals surface area contributed by atoms with Crippen molar-refractivity contribution in [1.82, 2.24) is 0 Å². The van der Waals surface area contributed by atoms with Crippen molar-refractivity contribution in [2.24, 2.45) is 0 Å². The molecule has 3 heteroatoms. The molecule has 0 unspecified atom stereocenters. The van der Waals surface area contributed by atoms with Gasteiger partial charge in [-0.25, -0.2) is 0 Å². The second-order valence-electron chi connectivity index (χ2n) is 0.100. The minimum Gasteiger partial charge on any atom is -0.185 e. The molecule has 0 fully saturated rings. The summed E-state index contributed by atoms with van der Waals surface area (Å²) in [5.74, 6) is 0. The Morgan fingerprint density at radius 2 is 2.00 bits per heavy atom. The van der Waals surface area contributed by atoms with Gasteiger partial charge in [0.2, 0.25) is 0 Å². The number of hydrogen-bond donors (Lipinski definition) is 1. The van der Waals surface area contributed by atoms with Crippen LogP contribution in [0.4, 0.5) is 0 Å². The standard InChI is InChI=1S/CHNS.Eu/c2-1-3;/h3H;/p+1. The van der Waals surface area contributed by atoms with Crippen LogP contribution in [0.25, 0.3) is 0 Å². The smallest absolute Gasteiger partial charge is 0.185 e. The molecule has 0 saturated carbocycles. The number of thiocyanates is 1. The summed E-state index contributed by atoms with van der Waals surface area (Å²) in [4.78, 5) is 0. The summed E-state index contributed by atoms with van der Waals surface area (Å²) in [5.41, 5.74) is 0. The molecule has 0 N–H and O–H groups in total. The molecular formula is CH2EuNS+. The molecular weight excluding hydrogens is 210 g/mol. The van der Waals surface area contributed by atoms with E-state index in [0.717, 1.165) is 0 Å². The maximum atomic E-state index is 7.18. The number of hydrogen-bond acceptors (Lipinski definition) is 2. The molecule has 0 aromatic heterocycles. The van der Waals surface area contributed by atoms with E-state index < -0.39 is 0 Å². The number of thiol groups is 1. The van der Waals surface area contributed by atoms with Gasteiger partial charge in [-0.05, 0) is 0 Å². The minimum absolute atomic E-state index is 0. The van der Waals surface area contributed by atoms with Gasteiger partial charge in [0.05, 0.1) is 0 Å². The average Bonchev–Trinajstić information content (AvgIpc) is 0.918. The maximum Gasteiger partial charge on any atom is 1.00 e. The summed E-state index contributed by atoms with van der Waals surface area (Å²) in [5, 5.41) is 8.63. The Kier molecular flexibility index (Phi) is 20.0.